The lowest BCUT2D eigenvalue weighted by Gasteiger charge is -1.81. The van der Waals surface area contributed by atoms with Crippen LogP contribution in [0, 0.1) is 0 Å². The molecule has 0 aliphatic carbocycles. The molecule has 2 rings (SSSR count). The number of nitrogens with zero attached hydrogens (tertiary/aromatic N) is 1. The van der Waals surface area contributed by atoms with Crippen LogP contribution in [0.15, 0.2) is 24.3 Å². The third-order valence-electron chi connectivity index (χ3n) is 1.58. The molecule has 1 N–H and O–H groups in total. The topological polar surface area (TPSA) is 45.8 Å². The average Bonchev–Trinajstić information content (AvgIpc) is 2.46. The van der Waals surface area contributed by atoms with Gasteiger partial charge in [0.05, 0.1) is 11.0 Å². The average molecular weight is 272 g/mol. The first-order chi connectivity index (χ1) is 5.77. The molecule has 60 valence electrons. The molecule has 1 aromatic carbocycles. The van der Waals surface area contributed by atoms with Crippen LogP contribution in [0.2, 0.25) is 0 Å². The molecule has 0 unspecified atom stereocenters. The number of aromatic nitrogens is 2. The zero-order valence-corrected chi connectivity index (χ0v) is 8.20. The van der Waals surface area contributed by atoms with E-state index in [1.165, 1.54) is 0 Å². The number of H-pyrrole nitrogens is 1. The van der Waals surface area contributed by atoms with Crippen LogP contribution in [0.1, 0.15) is 10.6 Å². The molecule has 0 spiro atoms. The summed E-state index contributed by atoms with van der Waals surface area (Å²) in [5, 5.41) is 0. The molecular formula is C8H5IN2O. The first-order valence-corrected chi connectivity index (χ1v) is 4.50. The molecule has 3 nitrogen and oxygen atoms in total. The molecule has 4 heteroatoms. The molecule has 0 bridgehead atoms. The monoisotopic (exact) mass is 272 g/mol. The number of para-hydroxylation sites is 2. The van der Waals surface area contributed by atoms with Gasteiger partial charge < -0.3 is 4.98 Å². The number of nitrogens with one attached hydrogen (secondary N) is 1. The van der Waals surface area contributed by atoms with Gasteiger partial charge in [-0.05, 0) is 12.1 Å². The maximum absolute atomic E-state index is 10.9. The molecule has 0 fully saturated rings. The van der Waals surface area contributed by atoms with E-state index >= 15 is 0 Å². The Hall–Kier alpha value is -0.910. The number of hydrogen-bond acceptors (Lipinski definition) is 2. The maximum atomic E-state index is 10.9. The molecule has 0 radical (unpaired) electrons. The molecule has 2 aromatic rings. The van der Waals surface area contributed by atoms with Crippen LogP contribution in [0.4, 0.5) is 0 Å². The van der Waals surface area contributed by atoms with Gasteiger partial charge in [-0.3, -0.25) is 4.79 Å². The fraction of sp³-hybridized carbons (Fsp3) is 0. The predicted octanol–water partition coefficient (Wildman–Crippen LogP) is 2.14. The summed E-state index contributed by atoms with van der Waals surface area (Å²) in [6, 6.07) is 7.56. The molecule has 0 saturated carbocycles. The van der Waals surface area contributed by atoms with E-state index in [-0.39, 0.29) is 3.79 Å². The van der Waals surface area contributed by atoms with Crippen molar-refractivity contribution >= 4 is 37.4 Å². The van der Waals surface area contributed by atoms with E-state index < -0.39 is 0 Å². The molecule has 1 aromatic heterocycles. The van der Waals surface area contributed by atoms with Crippen LogP contribution in [0.25, 0.3) is 11.0 Å². The van der Waals surface area contributed by atoms with Crippen LogP contribution < -0.4 is 0 Å². The fourth-order valence-corrected chi connectivity index (χ4v) is 1.30. The molecule has 0 saturated heterocycles. The molecule has 0 aliphatic rings. The number of imidazole rings is 1. The largest absolute Gasteiger partial charge is 0.335 e. The number of aromatic amines is 1. The summed E-state index contributed by atoms with van der Waals surface area (Å²) in [7, 11) is 0. The number of hydrogen-bond donors (Lipinski definition) is 1. The van der Waals surface area contributed by atoms with E-state index in [0.717, 1.165) is 11.0 Å². The Morgan fingerprint density at radius 1 is 1.42 bits per heavy atom. The summed E-state index contributed by atoms with van der Waals surface area (Å²) in [4.78, 5) is 17.9. The first kappa shape index (κ1) is 7.72. The van der Waals surface area contributed by atoms with E-state index in [1.807, 2.05) is 24.3 Å². The lowest BCUT2D eigenvalue weighted by Crippen LogP contribution is -1.88. The van der Waals surface area contributed by atoms with Gasteiger partial charge in [-0.2, -0.15) is 0 Å². The quantitative estimate of drug-likeness (QED) is 0.638. The minimum absolute atomic E-state index is 0.0659. The molecule has 1 heterocycles. The molecule has 12 heavy (non-hydrogen) atoms. The van der Waals surface area contributed by atoms with Gasteiger partial charge in [-0.25, -0.2) is 4.98 Å². The summed E-state index contributed by atoms with van der Waals surface area (Å²) < 4.78 is -0.0659. The van der Waals surface area contributed by atoms with Gasteiger partial charge in [0, 0.05) is 22.6 Å². The van der Waals surface area contributed by atoms with Crippen molar-refractivity contribution in [1.29, 1.82) is 0 Å². The highest BCUT2D eigenvalue weighted by Crippen LogP contribution is 2.11. The normalized spacial score (nSPS) is 10.4. The highest BCUT2D eigenvalue weighted by atomic mass is 127. The Bertz CT molecular complexity index is 402. The number of benzene rings is 1. The summed E-state index contributed by atoms with van der Waals surface area (Å²) >= 11 is 1.71. The van der Waals surface area contributed by atoms with Gasteiger partial charge in [0.1, 0.15) is 0 Å². The van der Waals surface area contributed by atoms with E-state index in [2.05, 4.69) is 9.97 Å². The smallest absolute Gasteiger partial charge is 0.257 e. The lowest BCUT2D eigenvalue weighted by molar-refractivity contribution is 0.109. The second-order valence-corrected chi connectivity index (χ2v) is 3.36. The van der Waals surface area contributed by atoms with Crippen LogP contribution in [0.3, 0.4) is 0 Å². The predicted molar refractivity (Wildman–Crippen MR) is 54.4 cm³/mol. The van der Waals surface area contributed by atoms with Crippen molar-refractivity contribution in [2.75, 3.05) is 0 Å². The van der Waals surface area contributed by atoms with E-state index in [0.29, 0.717) is 5.82 Å². The number of rotatable bonds is 1. The highest BCUT2D eigenvalue weighted by molar-refractivity contribution is 14.1. The van der Waals surface area contributed by atoms with Crippen molar-refractivity contribution in [1.82, 2.24) is 9.97 Å². The molecule has 0 amide bonds. The Morgan fingerprint density at radius 2 is 2.17 bits per heavy atom. The maximum Gasteiger partial charge on any atom is 0.257 e. The van der Waals surface area contributed by atoms with Crippen molar-refractivity contribution in [2.24, 2.45) is 0 Å². The summed E-state index contributed by atoms with van der Waals surface area (Å²) in [5.41, 5.74) is 1.73. The Morgan fingerprint density at radius 3 is 2.83 bits per heavy atom. The van der Waals surface area contributed by atoms with E-state index in [4.69, 9.17) is 0 Å². The van der Waals surface area contributed by atoms with Gasteiger partial charge in [0.2, 0.25) is 0 Å². The standard InChI is InChI=1S/C8H5IN2O/c9-7(12)8-10-5-3-1-2-4-6(5)11-8/h1-4H,(H,10,11). The van der Waals surface area contributed by atoms with Crippen molar-refractivity contribution in [3.63, 3.8) is 0 Å². The highest BCUT2D eigenvalue weighted by Gasteiger charge is 2.06. The zero-order chi connectivity index (χ0) is 8.55. The second kappa shape index (κ2) is 2.85. The number of carbonyl (C=O) groups is 1. The van der Waals surface area contributed by atoms with E-state index in [9.17, 15) is 4.79 Å². The van der Waals surface area contributed by atoms with Gasteiger partial charge >= 0.3 is 0 Å². The van der Waals surface area contributed by atoms with Crippen molar-refractivity contribution in [3.8, 4) is 0 Å². The van der Waals surface area contributed by atoms with Crippen molar-refractivity contribution < 1.29 is 4.79 Å². The Balaban J connectivity index is 2.70. The van der Waals surface area contributed by atoms with Crippen molar-refractivity contribution in [2.45, 2.75) is 0 Å². The zero-order valence-electron chi connectivity index (χ0n) is 6.04. The lowest BCUT2D eigenvalue weighted by atomic mass is 10.3. The summed E-state index contributed by atoms with van der Waals surface area (Å²) in [6.07, 6.45) is 0. The Labute approximate surface area is 82.3 Å². The Kier molecular flexibility index (Phi) is 1.84. The van der Waals surface area contributed by atoms with Crippen LogP contribution in [-0.2, 0) is 0 Å². The number of carbonyl (C=O) groups excluding carboxylic acids is 1. The molecule has 0 aliphatic heterocycles. The van der Waals surface area contributed by atoms with Gasteiger partial charge in [0.25, 0.3) is 3.79 Å². The van der Waals surface area contributed by atoms with Crippen LogP contribution in [0.5, 0.6) is 0 Å². The second-order valence-electron chi connectivity index (χ2n) is 2.38. The van der Waals surface area contributed by atoms with Gasteiger partial charge in [0.15, 0.2) is 5.82 Å². The third-order valence-corrected chi connectivity index (χ3v) is 2.09. The van der Waals surface area contributed by atoms with E-state index in [1.54, 1.807) is 22.6 Å². The molecule has 0 atom stereocenters. The first-order valence-electron chi connectivity index (χ1n) is 3.42. The van der Waals surface area contributed by atoms with Crippen LogP contribution >= 0.6 is 22.6 Å². The minimum atomic E-state index is -0.0659. The summed E-state index contributed by atoms with van der Waals surface area (Å²) in [5.74, 6) is 0.414. The summed E-state index contributed by atoms with van der Waals surface area (Å²) in [6.45, 7) is 0. The number of fused-ring (bicyclic) bond motifs is 1. The van der Waals surface area contributed by atoms with Gasteiger partial charge in [-0.1, -0.05) is 12.1 Å². The van der Waals surface area contributed by atoms with Crippen molar-refractivity contribution in [3.05, 3.63) is 30.1 Å². The third kappa shape index (κ3) is 1.22. The fourth-order valence-electron chi connectivity index (χ4n) is 1.05. The minimum Gasteiger partial charge on any atom is -0.335 e. The molecular weight excluding hydrogens is 267 g/mol. The number of halogens is 1. The SMILES string of the molecule is O=C(I)c1nc2ccccc2[nH]1. The van der Waals surface area contributed by atoms with Gasteiger partial charge in [-0.15, -0.1) is 0 Å². The van der Waals surface area contributed by atoms with Crippen LogP contribution in [-0.4, -0.2) is 13.8 Å².